The van der Waals surface area contributed by atoms with Crippen LogP contribution >= 0.6 is 11.3 Å². The van der Waals surface area contributed by atoms with Crippen molar-refractivity contribution in [2.24, 2.45) is 0 Å². The minimum absolute atomic E-state index is 0.176. The van der Waals surface area contributed by atoms with Gasteiger partial charge >= 0.3 is 6.18 Å². The van der Waals surface area contributed by atoms with E-state index in [0.29, 0.717) is 0 Å². The topological polar surface area (TPSA) is 38.9 Å². The molecular formula is C4H2F4N2S. The van der Waals surface area contributed by atoms with Gasteiger partial charge < -0.3 is 5.73 Å². The first-order chi connectivity index (χ1) is 4.91. The maximum absolute atomic E-state index is 12.0. The molecule has 2 N–H and O–H groups in total. The molecule has 0 saturated heterocycles. The number of hydrogen-bond donors (Lipinski definition) is 1. The number of alkyl halides is 3. The van der Waals surface area contributed by atoms with Crippen LogP contribution in [-0.4, -0.2) is 4.98 Å². The van der Waals surface area contributed by atoms with Gasteiger partial charge in [0, 0.05) is 0 Å². The lowest BCUT2D eigenvalue weighted by Crippen LogP contribution is -2.08. The Morgan fingerprint density at radius 3 is 2.09 bits per heavy atom. The fourth-order valence-electron chi connectivity index (χ4n) is 0.508. The van der Waals surface area contributed by atoms with Crippen molar-refractivity contribution >= 4 is 16.3 Å². The molecule has 0 unspecified atom stereocenters. The van der Waals surface area contributed by atoms with E-state index in [2.05, 4.69) is 4.98 Å². The predicted molar refractivity (Wildman–Crippen MR) is 31.5 cm³/mol. The molecule has 0 amide bonds. The van der Waals surface area contributed by atoms with Crippen LogP contribution in [0, 0.1) is 5.26 Å². The molecule has 1 aromatic heterocycles. The van der Waals surface area contributed by atoms with Crippen LogP contribution in [0.4, 0.5) is 22.6 Å². The highest BCUT2D eigenvalue weighted by Crippen LogP contribution is 2.35. The monoisotopic (exact) mass is 186 g/mol. The predicted octanol–water partition coefficient (Wildman–Crippen LogP) is 1.88. The first-order valence-electron chi connectivity index (χ1n) is 2.40. The van der Waals surface area contributed by atoms with E-state index in [1.807, 2.05) is 0 Å². The van der Waals surface area contributed by atoms with E-state index in [1.54, 1.807) is 0 Å². The Kier molecular flexibility index (Phi) is 1.75. The SMILES string of the molecule is Nc1sc(F)nc1C(F)(F)F. The van der Waals surface area contributed by atoms with E-state index in [1.165, 1.54) is 0 Å². The zero-order valence-electron chi connectivity index (χ0n) is 4.94. The lowest BCUT2D eigenvalue weighted by molar-refractivity contribution is -0.140. The van der Waals surface area contributed by atoms with Crippen LogP contribution in [0.25, 0.3) is 0 Å². The van der Waals surface area contributed by atoms with Gasteiger partial charge in [0.25, 0.3) is 5.26 Å². The molecule has 0 aliphatic rings. The molecule has 2 nitrogen and oxygen atoms in total. The molecule has 0 fully saturated rings. The average Bonchev–Trinajstić information content (AvgIpc) is 2.08. The molecular weight excluding hydrogens is 184 g/mol. The molecule has 11 heavy (non-hydrogen) atoms. The summed E-state index contributed by atoms with van der Waals surface area (Å²) in [7, 11) is 0. The molecule has 0 aromatic carbocycles. The minimum Gasteiger partial charge on any atom is -0.389 e. The number of halogens is 4. The normalized spacial score (nSPS) is 12.0. The lowest BCUT2D eigenvalue weighted by atomic mass is 10.4. The number of rotatable bonds is 0. The Labute approximate surface area is 62.7 Å². The smallest absolute Gasteiger partial charge is 0.389 e. The highest BCUT2D eigenvalue weighted by molar-refractivity contribution is 7.14. The largest absolute Gasteiger partial charge is 0.436 e. The Hall–Kier alpha value is -0.850. The summed E-state index contributed by atoms with van der Waals surface area (Å²) in [6.07, 6.45) is -4.66. The third-order valence-corrected chi connectivity index (χ3v) is 1.57. The van der Waals surface area contributed by atoms with Crippen LogP contribution in [0.2, 0.25) is 0 Å². The first-order valence-corrected chi connectivity index (χ1v) is 3.22. The highest BCUT2D eigenvalue weighted by atomic mass is 32.1. The van der Waals surface area contributed by atoms with Crippen molar-refractivity contribution in [3.8, 4) is 0 Å². The summed E-state index contributed by atoms with van der Waals surface area (Å²) in [5, 5.41) is -1.81. The van der Waals surface area contributed by atoms with Crippen LogP contribution < -0.4 is 5.73 Å². The summed E-state index contributed by atoms with van der Waals surface area (Å²) in [4.78, 5) is 2.58. The lowest BCUT2D eigenvalue weighted by Gasteiger charge is -2.00. The molecule has 1 rings (SSSR count). The molecule has 0 atom stereocenters. The molecule has 0 radical (unpaired) electrons. The van der Waals surface area contributed by atoms with E-state index in [4.69, 9.17) is 5.73 Å². The summed E-state index contributed by atoms with van der Waals surface area (Å²) in [6.45, 7) is 0. The van der Waals surface area contributed by atoms with Crippen LogP contribution in [-0.2, 0) is 6.18 Å². The Morgan fingerprint density at radius 1 is 1.36 bits per heavy atom. The van der Waals surface area contributed by atoms with Crippen molar-refractivity contribution in [2.45, 2.75) is 6.18 Å². The van der Waals surface area contributed by atoms with Gasteiger partial charge in [0.15, 0.2) is 5.69 Å². The maximum atomic E-state index is 12.0. The van der Waals surface area contributed by atoms with Gasteiger partial charge in [-0.15, -0.1) is 0 Å². The Balaban J connectivity index is 3.13. The zero-order chi connectivity index (χ0) is 8.65. The van der Waals surface area contributed by atoms with Gasteiger partial charge in [0.1, 0.15) is 5.00 Å². The number of anilines is 1. The quantitative estimate of drug-likeness (QED) is 0.628. The van der Waals surface area contributed by atoms with Gasteiger partial charge in [-0.3, -0.25) is 0 Å². The third-order valence-electron chi connectivity index (χ3n) is 0.896. The van der Waals surface area contributed by atoms with Crippen molar-refractivity contribution in [3.63, 3.8) is 0 Å². The van der Waals surface area contributed by atoms with Crippen molar-refractivity contribution in [3.05, 3.63) is 11.0 Å². The molecule has 1 aromatic rings. The van der Waals surface area contributed by atoms with Crippen LogP contribution in [0.3, 0.4) is 0 Å². The second-order valence-electron chi connectivity index (χ2n) is 1.68. The van der Waals surface area contributed by atoms with Gasteiger partial charge in [-0.2, -0.15) is 17.6 Å². The second kappa shape index (κ2) is 2.33. The first kappa shape index (κ1) is 8.25. The molecule has 0 spiro atoms. The Bertz CT molecular complexity index is 266. The van der Waals surface area contributed by atoms with E-state index in [-0.39, 0.29) is 11.3 Å². The molecule has 62 valence electrons. The molecule has 0 saturated carbocycles. The van der Waals surface area contributed by atoms with Crippen molar-refractivity contribution < 1.29 is 17.6 Å². The molecule has 7 heteroatoms. The molecule has 0 aliphatic carbocycles. The molecule has 0 bridgehead atoms. The van der Waals surface area contributed by atoms with Gasteiger partial charge in [-0.05, 0) is 0 Å². The van der Waals surface area contributed by atoms with Crippen molar-refractivity contribution in [2.75, 3.05) is 5.73 Å². The van der Waals surface area contributed by atoms with Crippen molar-refractivity contribution in [1.29, 1.82) is 0 Å². The summed E-state index contributed by atoms with van der Waals surface area (Å²) in [5.74, 6) is 0. The summed E-state index contributed by atoms with van der Waals surface area (Å²) < 4.78 is 47.3. The summed E-state index contributed by atoms with van der Waals surface area (Å²) in [6, 6.07) is 0. The number of aromatic nitrogens is 1. The fourth-order valence-corrected chi connectivity index (χ4v) is 1.08. The van der Waals surface area contributed by atoms with E-state index in [0.717, 1.165) is 0 Å². The number of thiazole rings is 1. The van der Waals surface area contributed by atoms with Gasteiger partial charge in [0.2, 0.25) is 0 Å². The number of nitrogen functional groups attached to an aromatic ring is 1. The highest BCUT2D eigenvalue weighted by Gasteiger charge is 2.37. The van der Waals surface area contributed by atoms with E-state index < -0.39 is 22.1 Å². The minimum atomic E-state index is -4.66. The molecule has 1 heterocycles. The van der Waals surface area contributed by atoms with Gasteiger partial charge in [-0.1, -0.05) is 11.3 Å². The number of hydrogen-bond acceptors (Lipinski definition) is 3. The second-order valence-corrected chi connectivity index (χ2v) is 2.66. The maximum Gasteiger partial charge on any atom is 0.436 e. The van der Waals surface area contributed by atoms with E-state index in [9.17, 15) is 17.6 Å². The number of nitrogens with two attached hydrogens (primary N) is 1. The summed E-state index contributed by atoms with van der Waals surface area (Å²) >= 11 is 0.176. The third kappa shape index (κ3) is 1.59. The van der Waals surface area contributed by atoms with E-state index >= 15 is 0 Å². The van der Waals surface area contributed by atoms with Crippen LogP contribution in [0.15, 0.2) is 0 Å². The van der Waals surface area contributed by atoms with Gasteiger partial charge in [0.05, 0.1) is 0 Å². The summed E-state index contributed by atoms with van der Waals surface area (Å²) in [5.41, 5.74) is 3.48. The standard InChI is InChI=1S/C4H2F4N2S/c5-3-10-1(2(9)11-3)4(6,7)8/h9H2. The van der Waals surface area contributed by atoms with Crippen molar-refractivity contribution in [1.82, 2.24) is 4.98 Å². The number of nitrogens with zero attached hydrogens (tertiary/aromatic N) is 1. The van der Waals surface area contributed by atoms with Gasteiger partial charge in [-0.25, -0.2) is 4.98 Å². The molecule has 0 aliphatic heterocycles. The fraction of sp³-hybridized carbons (Fsp3) is 0.250. The Morgan fingerprint density at radius 2 is 1.91 bits per heavy atom. The zero-order valence-corrected chi connectivity index (χ0v) is 5.76. The van der Waals surface area contributed by atoms with Crippen LogP contribution in [0.1, 0.15) is 5.69 Å². The van der Waals surface area contributed by atoms with Crippen LogP contribution in [0.5, 0.6) is 0 Å². The average molecular weight is 186 g/mol.